The van der Waals surface area contributed by atoms with Gasteiger partial charge in [0.25, 0.3) is 0 Å². The lowest BCUT2D eigenvalue weighted by Crippen LogP contribution is -2.54. The quantitative estimate of drug-likeness (QED) is 0.766. The molecule has 2 fully saturated rings. The third-order valence-corrected chi connectivity index (χ3v) is 4.25. The lowest BCUT2D eigenvalue weighted by Gasteiger charge is -2.40. The number of carbonyl (C=O) groups is 1. The van der Waals surface area contributed by atoms with Gasteiger partial charge in [0.2, 0.25) is 5.91 Å². The highest BCUT2D eigenvalue weighted by molar-refractivity contribution is 5.82. The third-order valence-electron chi connectivity index (χ3n) is 4.25. The Bertz CT molecular complexity index is 285. The number of morpholine rings is 1. The molecule has 0 radical (unpaired) electrons. The predicted molar refractivity (Wildman–Crippen MR) is 71.4 cm³/mol. The molecule has 4 nitrogen and oxygen atoms in total. The van der Waals surface area contributed by atoms with Crippen LogP contribution >= 0.6 is 0 Å². The zero-order chi connectivity index (χ0) is 13.2. The second kappa shape index (κ2) is 5.57. The maximum atomic E-state index is 12.3. The van der Waals surface area contributed by atoms with Crippen LogP contribution in [0.2, 0.25) is 0 Å². The second-order valence-electron chi connectivity index (χ2n) is 6.55. The SMILES string of the molecule is CC(C)(C)C1CCN(C(=O)[C@@H]2COCCN2)CC1. The van der Waals surface area contributed by atoms with E-state index >= 15 is 0 Å². The van der Waals surface area contributed by atoms with Gasteiger partial charge in [-0.3, -0.25) is 4.79 Å². The summed E-state index contributed by atoms with van der Waals surface area (Å²) in [5.74, 6) is 0.958. The van der Waals surface area contributed by atoms with Crippen LogP contribution in [0.1, 0.15) is 33.6 Å². The first-order valence-corrected chi connectivity index (χ1v) is 7.08. The Morgan fingerprint density at radius 1 is 1.28 bits per heavy atom. The van der Waals surface area contributed by atoms with E-state index in [1.165, 1.54) is 0 Å². The van der Waals surface area contributed by atoms with E-state index in [0.717, 1.165) is 45.0 Å². The molecule has 0 unspecified atom stereocenters. The minimum Gasteiger partial charge on any atom is -0.378 e. The topological polar surface area (TPSA) is 41.6 Å². The predicted octanol–water partition coefficient (Wildman–Crippen LogP) is 1.26. The number of hydrogen-bond acceptors (Lipinski definition) is 3. The van der Waals surface area contributed by atoms with Crippen molar-refractivity contribution in [2.45, 2.75) is 39.7 Å². The number of piperidine rings is 1. The van der Waals surface area contributed by atoms with Crippen molar-refractivity contribution in [3.8, 4) is 0 Å². The molecule has 2 aliphatic rings. The van der Waals surface area contributed by atoms with Gasteiger partial charge in [-0.15, -0.1) is 0 Å². The Balaban J connectivity index is 1.83. The second-order valence-corrected chi connectivity index (χ2v) is 6.55. The van der Waals surface area contributed by atoms with Gasteiger partial charge < -0.3 is 15.0 Å². The first-order valence-electron chi connectivity index (χ1n) is 7.08. The van der Waals surface area contributed by atoms with Crippen molar-refractivity contribution < 1.29 is 9.53 Å². The summed E-state index contributed by atoms with van der Waals surface area (Å²) in [6.45, 7) is 10.7. The summed E-state index contributed by atoms with van der Waals surface area (Å²) in [6, 6.07) is -0.120. The molecule has 0 aromatic rings. The molecule has 2 aliphatic heterocycles. The molecule has 0 bridgehead atoms. The fourth-order valence-electron chi connectivity index (χ4n) is 2.91. The molecule has 0 aromatic heterocycles. The summed E-state index contributed by atoms with van der Waals surface area (Å²) in [5, 5.41) is 3.24. The van der Waals surface area contributed by atoms with Gasteiger partial charge in [0.1, 0.15) is 6.04 Å². The van der Waals surface area contributed by atoms with Crippen LogP contribution in [-0.2, 0) is 9.53 Å². The highest BCUT2D eigenvalue weighted by Gasteiger charge is 2.33. The zero-order valence-corrected chi connectivity index (χ0v) is 11.9. The summed E-state index contributed by atoms with van der Waals surface area (Å²) in [5.41, 5.74) is 0.362. The van der Waals surface area contributed by atoms with Gasteiger partial charge in [0.15, 0.2) is 0 Å². The van der Waals surface area contributed by atoms with Crippen molar-refractivity contribution in [2.75, 3.05) is 32.8 Å². The zero-order valence-electron chi connectivity index (χ0n) is 11.9. The summed E-state index contributed by atoms with van der Waals surface area (Å²) in [6.07, 6.45) is 2.26. The number of likely N-dealkylation sites (tertiary alicyclic amines) is 1. The minimum atomic E-state index is -0.120. The van der Waals surface area contributed by atoms with E-state index in [2.05, 4.69) is 26.1 Å². The number of nitrogens with one attached hydrogen (secondary N) is 1. The molecule has 1 N–H and O–H groups in total. The van der Waals surface area contributed by atoms with Crippen LogP contribution in [0.15, 0.2) is 0 Å². The van der Waals surface area contributed by atoms with Crippen molar-refractivity contribution in [1.29, 1.82) is 0 Å². The fraction of sp³-hybridized carbons (Fsp3) is 0.929. The highest BCUT2D eigenvalue weighted by atomic mass is 16.5. The molecule has 2 saturated heterocycles. The molecule has 0 aliphatic carbocycles. The largest absolute Gasteiger partial charge is 0.378 e. The molecule has 2 rings (SSSR count). The lowest BCUT2D eigenvalue weighted by molar-refractivity contribution is -0.138. The molecule has 0 spiro atoms. The number of carbonyl (C=O) groups excluding carboxylic acids is 1. The van der Waals surface area contributed by atoms with Crippen LogP contribution in [0.3, 0.4) is 0 Å². The standard InChI is InChI=1S/C14H26N2O2/c1-14(2,3)11-4-7-16(8-5-11)13(17)12-10-18-9-6-15-12/h11-12,15H,4-10H2,1-3H3/t12-/m0/s1. The molecule has 4 heteroatoms. The fourth-order valence-corrected chi connectivity index (χ4v) is 2.91. The number of hydrogen-bond donors (Lipinski definition) is 1. The van der Waals surface area contributed by atoms with Crippen LogP contribution in [0.4, 0.5) is 0 Å². The van der Waals surface area contributed by atoms with E-state index < -0.39 is 0 Å². The Labute approximate surface area is 110 Å². The monoisotopic (exact) mass is 254 g/mol. The summed E-state index contributed by atoms with van der Waals surface area (Å²) >= 11 is 0. The van der Waals surface area contributed by atoms with Gasteiger partial charge >= 0.3 is 0 Å². The van der Waals surface area contributed by atoms with Gasteiger partial charge in [-0.2, -0.15) is 0 Å². The van der Waals surface area contributed by atoms with E-state index in [1.54, 1.807) is 0 Å². The first-order chi connectivity index (χ1) is 8.48. The average Bonchev–Trinajstić information content (AvgIpc) is 2.38. The van der Waals surface area contributed by atoms with Gasteiger partial charge in [0.05, 0.1) is 13.2 Å². The van der Waals surface area contributed by atoms with Gasteiger partial charge in [0, 0.05) is 19.6 Å². The van der Waals surface area contributed by atoms with Crippen LogP contribution in [-0.4, -0.2) is 49.7 Å². The minimum absolute atomic E-state index is 0.120. The van der Waals surface area contributed by atoms with Crippen molar-refractivity contribution in [3.63, 3.8) is 0 Å². The van der Waals surface area contributed by atoms with Gasteiger partial charge in [-0.25, -0.2) is 0 Å². The molecule has 2 heterocycles. The Kier molecular flexibility index (Phi) is 4.28. The molecule has 104 valence electrons. The van der Waals surface area contributed by atoms with E-state index in [4.69, 9.17) is 4.74 Å². The smallest absolute Gasteiger partial charge is 0.242 e. The normalized spacial score (nSPS) is 27.3. The van der Waals surface area contributed by atoms with Crippen LogP contribution in [0, 0.1) is 11.3 Å². The summed E-state index contributed by atoms with van der Waals surface area (Å²) in [4.78, 5) is 14.3. The van der Waals surface area contributed by atoms with E-state index in [0.29, 0.717) is 12.0 Å². The Morgan fingerprint density at radius 2 is 1.94 bits per heavy atom. The Hall–Kier alpha value is -0.610. The van der Waals surface area contributed by atoms with Gasteiger partial charge in [-0.1, -0.05) is 20.8 Å². The van der Waals surface area contributed by atoms with E-state index in [9.17, 15) is 4.79 Å². The first kappa shape index (κ1) is 13.8. The molecule has 18 heavy (non-hydrogen) atoms. The lowest BCUT2D eigenvalue weighted by atomic mass is 9.75. The number of ether oxygens (including phenoxy) is 1. The Morgan fingerprint density at radius 3 is 2.44 bits per heavy atom. The molecule has 1 amide bonds. The molecule has 1 atom stereocenters. The van der Waals surface area contributed by atoms with Crippen molar-refractivity contribution in [3.05, 3.63) is 0 Å². The maximum absolute atomic E-state index is 12.3. The maximum Gasteiger partial charge on any atom is 0.242 e. The van der Waals surface area contributed by atoms with E-state index in [1.807, 2.05) is 4.90 Å². The third kappa shape index (κ3) is 3.23. The number of rotatable bonds is 1. The van der Waals surface area contributed by atoms with Crippen molar-refractivity contribution in [2.24, 2.45) is 11.3 Å². The molecule has 0 saturated carbocycles. The molecule has 0 aromatic carbocycles. The summed E-state index contributed by atoms with van der Waals surface area (Å²) < 4.78 is 5.36. The number of nitrogens with zero attached hydrogens (tertiary/aromatic N) is 1. The molecular weight excluding hydrogens is 228 g/mol. The van der Waals surface area contributed by atoms with E-state index in [-0.39, 0.29) is 11.9 Å². The summed E-state index contributed by atoms with van der Waals surface area (Å²) in [7, 11) is 0. The molecular formula is C14H26N2O2. The van der Waals surface area contributed by atoms with Crippen LogP contribution in [0.5, 0.6) is 0 Å². The van der Waals surface area contributed by atoms with Gasteiger partial charge in [-0.05, 0) is 24.2 Å². The van der Waals surface area contributed by atoms with Crippen LogP contribution < -0.4 is 5.32 Å². The van der Waals surface area contributed by atoms with Crippen molar-refractivity contribution >= 4 is 5.91 Å². The number of amides is 1. The van der Waals surface area contributed by atoms with Crippen LogP contribution in [0.25, 0.3) is 0 Å². The van der Waals surface area contributed by atoms with Crippen molar-refractivity contribution in [1.82, 2.24) is 10.2 Å². The highest BCUT2D eigenvalue weighted by Crippen LogP contribution is 2.34. The average molecular weight is 254 g/mol.